The van der Waals surface area contributed by atoms with E-state index in [-0.39, 0.29) is 5.91 Å². The van der Waals surface area contributed by atoms with Crippen LogP contribution < -0.4 is 5.32 Å². The molecule has 0 aliphatic carbocycles. The fourth-order valence-corrected chi connectivity index (χ4v) is 2.72. The van der Waals surface area contributed by atoms with Gasteiger partial charge in [0.1, 0.15) is 5.82 Å². The third kappa shape index (κ3) is 2.89. The zero-order valence-electron chi connectivity index (χ0n) is 12.2. The molecule has 3 rings (SSSR count). The van der Waals surface area contributed by atoms with Crippen molar-refractivity contribution in [2.24, 2.45) is 0 Å². The van der Waals surface area contributed by atoms with Crippen molar-refractivity contribution in [3.05, 3.63) is 59.3 Å². The maximum Gasteiger partial charge on any atom is 0.254 e. The van der Waals surface area contributed by atoms with Crippen LogP contribution >= 0.6 is 0 Å². The molecule has 1 aliphatic heterocycles. The second kappa shape index (κ2) is 5.95. The lowest BCUT2D eigenvalue weighted by molar-refractivity contribution is 0.0748. The molecular weight excluding hydrogens is 262 g/mol. The molecule has 1 amide bonds. The zero-order chi connectivity index (χ0) is 14.7. The third-order valence-corrected chi connectivity index (χ3v) is 3.86. The molecule has 0 saturated heterocycles. The first kappa shape index (κ1) is 13.6. The summed E-state index contributed by atoms with van der Waals surface area (Å²) in [5.41, 5.74) is 3.06. The maximum absolute atomic E-state index is 12.7. The van der Waals surface area contributed by atoms with Crippen molar-refractivity contribution in [3.63, 3.8) is 0 Å². The number of pyridine rings is 1. The minimum absolute atomic E-state index is 0.126. The number of anilines is 1. The standard InChI is InChI=1S/C17H19N3O/c1-18-16-9-8-13(11-19-16)12-20-10-4-6-14-5-2-3-7-15(14)17(20)21/h2-3,5,7-9,11H,4,6,10,12H2,1H3,(H,18,19). The largest absolute Gasteiger partial charge is 0.373 e. The van der Waals surface area contributed by atoms with Crippen LogP contribution in [0.4, 0.5) is 5.82 Å². The van der Waals surface area contributed by atoms with E-state index in [0.717, 1.165) is 41.9 Å². The Morgan fingerprint density at radius 2 is 2.10 bits per heavy atom. The van der Waals surface area contributed by atoms with E-state index >= 15 is 0 Å². The molecule has 0 atom stereocenters. The molecule has 0 unspecified atom stereocenters. The summed E-state index contributed by atoms with van der Waals surface area (Å²) in [6.45, 7) is 1.41. The van der Waals surface area contributed by atoms with E-state index in [2.05, 4.69) is 16.4 Å². The van der Waals surface area contributed by atoms with Gasteiger partial charge >= 0.3 is 0 Å². The number of hydrogen-bond acceptors (Lipinski definition) is 3. The van der Waals surface area contributed by atoms with Crippen molar-refractivity contribution in [1.82, 2.24) is 9.88 Å². The predicted molar refractivity (Wildman–Crippen MR) is 83.3 cm³/mol. The van der Waals surface area contributed by atoms with Crippen molar-refractivity contribution in [1.29, 1.82) is 0 Å². The van der Waals surface area contributed by atoms with Gasteiger partial charge in [0.05, 0.1) is 0 Å². The topological polar surface area (TPSA) is 45.2 Å². The number of nitrogens with one attached hydrogen (secondary N) is 1. The van der Waals surface area contributed by atoms with E-state index < -0.39 is 0 Å². The van der Waals surface area contributed by atoms with E-state index in [4.69, 9.17) is 0 Å². The minimum atomic E-state index is 0.126. The van der Waals surface area contributed by atoms with Crippen LogP contribution in [0.1, 0.15) is 27.9 Å². The van der Waals surface area contributed by atoms with Crippen molar-refractivity contribution in [2.75, 3.05) is 18.9 Å². The summed E-state index contributed by atoms with van der Waals surface area (Å²) in [7, 11) is 1.84. The first-order chi connectivity index (χ1) is 10.3. The molecule has 0 fully saturated rings. The highest BCUT2D eigenvalue weighted by molar-refractivity contribution is 5.96. The van der Waals surface area contributed by atoms with Gasteiger partial charge in [0.15, 0.2) is 0 Å². The Labute approximate surface area is 124 Å². The molecule has 2 heterocycles. The Balaban J connectivity index is 1.80. The lowest BCUT2D eigenvalue weighted by atomic mass is 10.0. The summed E-state index contributed by atoms with van der Waals surface area (Å²) >= 11 is 0. The Kier molecular flexibility index (Phi) is 3.86. The number of benzene rings is 1. The molecule has 1 aromatic heterocycles. The highest BCUT2D eigenvalue weighted by Gasteiger charge is 2.21. The summed E-state index contributed by atoms with van der Waals surface area (Å²) in [6.07, 6.45) is 3.80. The first-order valence-corrected chi connectivity index (χ1v) is 7.28. The van der Waals surface area contributed by atoms with Gasteiger partial charge in [0.2, 0.25) is 0 Å². The Bertz CT molecular complexity index is 637. The number of carbonyl (C=O) groups is 1. The summed E-state index contributed by atoms with van der Waals surface area (Å²) in [5.74, 6) is 0.965. The summed E-state index contributed by atoms with van der Waals surface area (Å²) in [4.78, 5) is 18.9. The fraction of sp³-hybridized carbons (Fsp3) is 0.294. The fourth-order valence-electron chi connectivity index (χ4n) is 2.72. The van der Waals surface area contributed by atoms with E-state index in [0.29, 0.717) is 6.54 Å². The van der Waals surface area contributed by atoms with Gasteiger partial charge in [-0.25, -0.2) is 4.98 Å². The van der Waals surface area contributed by atoms with E-state index in [1.165, 1.54) is 0 Å². The molecule has 21 heavy (non-hydrogen) atoms. The Morgan fingerprint density at radius 3 is 2.86 bits per heavy atom. The average Bonchev–Trinajstić information content (AvgIpc) is 2.69. The lowest BCUT2D eigenvalue weighted by Gasteiger charge is -2.21. The predicted octanol–water partition coefficient (Wildman–Crippen LogP) is 2.71. The molecule has 0 spiro atoms. The number of rotatable bonds is 3. The molecule has 1 aromatic carbocycles. The van der Waals surface area contributed by atoms with E-state index in [1.807, 2.05) is 48.5 Å². The van der Waals surface area contributed by atoms with Crippen LogP contribution in [0.15, 0.2) is 42.6 Å². The SMILES string of the molecule is CNc1ccc(CN2CCCc3ccccc3C2=O)cn1. The quantitative estimate of drug-likeness (QED) is 0.941. The molecule has 1 N–H and O–H groups in total. The second-order valence-corrected chi connectivity index (χ2v) is 5.29. The maximum atomic E-state index is 12.7. The van der Waals surface area contributed by atoms with Crippen LogP contribution in [-0.4, -0.2) is 29.4 Å². The minimum Gasteiger partial charge on any atom is -0.373 e. The molecule has 0 radical (unpaired) electrons. The smallest absolute Gasteiger partial charge is 0.254 e. The van der Waals surface area contributed by atoms with Gasteiger partial charge in [0, 0.05) is 31.9 Å². The van der Waals surface area contributed by atoms with Crippen LogP contribution in [0.5, 0.6) is 0 Å². The van der Waals surface area contributed by atoms with Gasteiger partial charge in [-0.05, 0) is 36.1 Å². The van der Waals surface area contributed by atoms with Crippen molar-refractivity contribution >= 4 is 11.7 Å². The molecule has 4 nitrogen and oxygen atoms in total. The van der Waals surface area contributed by atoms with Crippen LogP contribution in [0.25, 0.3) is 0 Å². The monoisotopic (exact) mass is 281 g/mol. The Morgan fingerprint density at radius 1 is 1.24 bits per heavy atom. The van der Waals surface area contributed by atoms with Crippen molar-refractivity contribution in [2.45, 2.75) is 19.4 Å². The molecule has 1 aliphatic rings. The van der Waals surface area contributed by atoms with Crippen LogP contribution in [0.2, 0.25) is 0 Å². The number of carbonyl (C=O) groups excluding carboxylic acids is 1. The van der Waals surface area contributed by atoms with Gasteiger partial charge in [0.25, 0.3) is 5.91 Å². The summed E-state index contributed by atoms with van der Waals surface area (Å²) in [5, 5.41) is 3.00. The Hall–Kier alpha value is -2.36. The van der Waals surface area contributed by atoms with Crippen LogP contribution in [-0.2, 0) is 13.0 Å². The number of hydrogen-bond donors (Lipinski definition) is 1. The van der Waals surface area contributed by atoms with Gasteiger partial charge in [-0.3, -0.25) is 4.79 Å². The number of aryl methyl sites for hydroxylation is 1. The highest BCUT2D eigenvalue weighted by atomic mass is 16.2. The zero-order valence-corrected chi connectivity index (χ0v) is 12.2. The summed E-state index contributed by atoms with van der Waals surface area (Å²) < 4.78 is 0. The number of fused-ring (bicyclic) bond motifs is 1. The van der Waals surface area contributed by atoms with E-state index in [9.17, 15) is 4.79 Å². The van der Waals surface area contributed by atoms with Crippen molar-refractivity contribution in [3.8, 4) is 0 Å². The average molecular weight is 281 g/mol. The third-order valence-electron chi connectivity index (χ3n) is 3.86. The van der Waals surface area contributed by atoms with Crippen LogP contribution in [0.3, 0.4) is 0 Å². The highest BCUT2D eigenvalue weighted by Crippen LogP contribution is 2.20. The molecule has 4 heteroatoms. The molecule has 2 aromatic rings. The molecular formula is C17H19N3O. The lowest BCUT2D eigenvalue weighted by Crippen LogP contribution is -2.30. The van der Waals surface area contributed by atoms with Gasteiger partial charge < -0.3 is 10.2 Å². The number of aromatic nitrogens is 1. The molecule has 108 valence electrons. The van der Waals surface area contributed by atoms with Crippen molar-refractivity contribution < 1.29 is 4.79 Å². The van der Waals surface area contributed by atoms with Gasteiger partial charge in [-0.15, -0.1) is 0 Å². The summed E-state index contributed by atoms with van der Waals surface area (Å²) in [6, 6.07) is 11.9. The normalized spacial score (nSPS) is 14.5. The van der Waals surface area contributed by atoms with Gasteiger partial charge in [-0.2, -0.15) is 0 Å². The first-order valence-electron chi connectivity index (χ1n) is 7.28. The van der Waals surface area contributed by atoms with Crippen LogP contribution in [0, 0.1) is 0 Å². The van der Waals surface area contributed by atoms with Gasteiger partial charge in [-0.1, -0.05) is 24.3 Å². The van der Waals surface area contributed by atoms with E-state index in [1.54, 1.807) is 0 Å². The number of amides is 1. The second-order valence-electron chi connectivity index (χ2n) is 5.29. The molecule has 0 saturated carbocycles. The number of nitrogens with zero attached hydrogens (tertiary/aromatic N) is 2. The molecule has 0 bridgehead atoms.